The topological polar surface area (TPSA) is 27.7 Å². The van der Waals surface area contributed by atoms with Crippen LogP contribution in [0, 0.1) is 42.0 Å². The normalized spacial score (nSPS) is 18.4. The number of hydrogen-bond acceptors (Lipinski definition) is 3. The zero-order valence-electron chi connectivity index (χ0n) is 21.1. The first-order valence-electron chi connectivity index (χ1n) is 12.4. The number of rotatable bonds is 12. The van der Waals surface area contributed by atoms with E-state index in [9.17, 15) is 35.1 Å². The van der Waals surface area contributed by atoms with Crippen LogP contribution >= 0.6 is 0 Å². The summed E-state index contributed by atoms with van der Waals surface area (Å²) in [7, 11) is 0. The van der Waals surface area contributed by atoms with Crippen LogP contribution in [-0.2, 0) is 0 Å². The first-order chi connectivity index (χ1) is 17.9. The second-order valence-electron chi connectivity index (χ2n) is 9.40. The quantitative estimate of drug-likeness (QED) is 0.247. The van der Waals surface area contributed by atoms with Gasteiger partial charge in [-0.3, -0.25) is 0 Å². The molecule has 0 atom stereocenters. The summed E-state index contributed by atoms with van der Waals surface area (Å²) < 4.78 is 129. The maximum atomic E-state index is 14.7. The minimum absolute atomic E-state index is 0.0533. The largest absolute Gasteiger partial charge is 0.491 e. The number of halogens is 8. The molecule has 0 unspecified atom stereocenters. The van der Waals surface area contributed by atoms with Gasteiger partial charge < -0.3 is 14.2 Å². The third-order valence-corrected chi connectivity index (χ3v) is 6.86. The first kappa shape index (κ1) is 29.8. The molecule has 1 aliphatic rings. The molecule has 0 aliphatic heterocycles. The predicted molar refractivity (Wildman–Crippen MR) is 124 cm³/mol. The molecule has 0 spiro atoms. The number of benzene rings is 2. The van der Waals surface area contributed by atoms with Gasteiger partial charge in [-0.15, -0.1) is 0 Å². The lowest BCUT2D eigenvalue weighted by Crippen LogP contribution is -2.38. The summed E-state index contributed by atoms with van der Waals surface area (Å²) in [4.78, 5) is 0. The maximum absolute atomic E-state index is 14.7. The summed E-state index contributed by atoms with van der Waals surface area (Å²) in [6.07, 6.45) is -2.18. The van der Waals surface area contributed by atoms with Gasteiger partial charge in [-0.2, -0.15) is 13.2 Å². The fourth-order valence-electron chi connectivity index (χ4n) is 4.57. The standard InChI is InChI=1S/C27H30F8O3/c1-3-36-19-10-11-21(25(31)24(19)30)38-15-13-27(34,35)18-7-5-17(6-8-18)26(32,33)12-14-37-20-9-4-16(2)22(28)23(20)29/h4,9-11,17-18H,3,5-8,12-15H2,1-2H3. The average molecular weight is 555 g/mol. The zero-order valence-corrected chi connectivity index (χ0v) is 21.1. The molecule has 38 heavy (non-hydrogen) atoms. The number of hydrogen-bond donors (Lipinski definition) is 0. The third-order valence-electron chi connectivity index (χ3n) is 6.86. The molecule has 0 N–H and O–H groups in total. The molecule has 0 saturated heterocycles. The molecule has 1 aliphatic carbocycles. The van der Waals surface area contributed by atoms with Gasteiger partial charge in [-0.1, -0.05) is 6.07 Å². The van der Waals surface area contributed by atoms with E-state index in [4.69, 9.17) is 14.2 Å². The summed E-state index contributed by atoms with van der Waals surface area (Å²) in [5.41, 5.74) is 0.0533. The number of ether oxygens (including phenoxy) is 3. The van der Waals surface area contributed by atoms with E-state index in [0.717, 1.165) is 18.2 Å². The van der Waals surface area contributed by atoms with Crippen LogP contribution in [0.2, 0.25) is 0 Å². The summed E-state index contributed by atoms with van der Waals surface area (Å²) in [5, 5.41) is 0. The second kappa shape index (κ2) is 12.4. The molecule has 3 nitrogen and oxygen atoms in total. The Balaban J connectivity index is 1.46. The molecule has 0 radical (unpaired) electrons. The van der Waals surface area contributed by atoms with Crippen molar-refractivity contribution < 1.29 is 49.3 Å². The van der Waals surface area contributed by atoms with Crippen LogP contribution in [0.1, 0.15) is 51.0 Å². The van der Waals surface area contributed by atoms with E-state index < -0.39 is 84.5 Å². The monoisotopic (exact) mass is 554 g/mol. The zero-order chi connectivity index (χ0) is 28.1. The lowest BCUT2D eigenvalue weighted by Gasteiger charge is -2.36. The van der Waals surface area contributed by atoms with Crippen LogP contribution in [0.3, 0.4) is 0 Å². The predicted octanol–water partition coefficient (Wildman–Crippen LogP) is 8.27. The molecule has 0 heterocycles. The van der Waals surface area contributed by atoms with Gasteiger partial charge in [-0.25, -0.2) is 22.0 Å². The maximum Gasteiger partial charge on any atom is 0.254 e. The second-order valence-corrected chi connectivity index (χ2v) is 9.40. The van der Waals surface area contributed by atoms with E-state index in [1.54, 1.807) is 6.92 Å². The average Bonchev–Trinajstić information content (AvgIpc) is 2.88. The van der Waals surface area contributed by atoms with Gasteiger partial charge in [-0.05, 0) is 63.3 Å². The van der Waals surface area contributed by atoms with Gasteiger partial charge >= 0.3 is 0 Å². The SMILES string of the molecule is CCOc1ccc(OCCC(F)(F)C2CCC(C(F)(F)CCOc3ccc(C)c(F)c3F)CC2)c(F)c1F. The van der Waals surface area contributed by atoms with Crippen molar-refractivity contribution in [2.75, 3.05) is 19.8 Å². The first-order valence-corrected chi connectivity index (χ1v) is 12.4. The molecule has 0 amide bonds. The summed E-state index contributed by atoms with van der Waals surface area (Å²) in [5.74, 6) is -15.1. The van der Waals surface area contributed by atoms with Crippen molar-refractivity contribution in [3.63, 3.8) is 0 Å². The molecule has 11 heteroatoms. The summed E-state index contributed by atoms with van der Waals surface area (Å²) in [6, 6.07) is 4.65. The van der Waals surface area contributed by atoms with Crippen molar-refractivity contribution >= 4 is 0 Å². The van der Waals surface area contributed by atoms with Crippen molar-refractivity contribution in [2.24, 2.45) is 11.8 Å². The molecular formula is C27H30F8O3. The molecule has 1 fully saturated rings. The highest BCUT2D eigenvalue weighted by molar-refractivity contribution is 5.35. The van der Waals surface area contributed by atoms with Crippen LogP contribution in [-0.4, -0.2) is 31.7 Å². The van der Waals surface area contributed by atoms with Gasteiger partial charge in [0.25, 0.3) is 11.8 Å². The van der Waals surface area contributed by atoms with E-state index in [2.05, 4.69) is 0 Å². The van der Waals surface area contributed by atoms with Crippen LogP contribution in [0.15, 0.2) is 24.3 Å². The molecule has 3 rings (SSSR count). The van der Waals surface area contributed by atoms with E-state index in [1.165, 1.54) is 13.0 Å². The summed E-state index contributed by atoms with van der Waals surface area (Å²) in [6.45, 7) is 1.89. The number of alkyl halides is 4. The van der Waals surface area contributed by atoms with Gasteiger partial charge in [0.15, 0.2) is 23.1 Å². The Hall–Kier alpha value is -2.72. The van der Waals surface area contributed by atoms with Crippen molar-refractivity contribution in [1.82, 2.24) is 0 Å². The van der Waals surface area contributed by atoms with Crippen molar-refractivity contribution in [2.45, 2.75) is 64.2 Å². The Morgan fingerprint density at radius 3 is 1.42 bits per heavy atom. The summed E-state index contributed by atoms with van der Waals surface area (Å²) >= 11 is 0. The Bertz CT molecular complexity index is 1080. The van der Waals surface area contributed by atoms with Gasteiger partial charge in [0.05, 0.1) is 19.8 Å². The van der Waals surface area contributed by atoms with Crippen LogP contribution < -0.4 is 14.2 Å². The van der Waals surface area contributed by atoms with Crippen molar-refractivity contribution in [3.8, 4) is 17.2 Å². The van der Waals surface area contributed by atoms with E-state index in [1.807, 2.05) is 0 Å². The highest BCUT2D eigenvalue weighted by Crippen LogP contribution is 2.46. The Morgan fingerprint density at radius 1 is 0.632 bits per heavy atom. The molecule has 2 aromatic rings. The third kappa shape index (κ3) is 7.02. The van der Waals surface area contributed by atoms with Gasteiger partial charge in [0.1, 0.15) is 0 Å². The Kier molecular flexibility index (Phi) is 9.75. The highest BCUT2D eigenvalue weighted by Gasteiger charge is 2.47. The molecule has 1 saturated carbocycles. The Morgan fingerprint density at radius 2 is 1.00 bits per heavy atom. The molecular weight excluding hydrogens is 524 g/mol. The van der Waals surface area contributed by atoms with E-state index in [0.29, 0.717) is 0 Å². The smallest absolute Gasteiger partial charge is 0.254 e. The minimum Gasteiger partial charge on any atom is -0.491 e. The van der Waals surface area contributed by atoms with E-state index in [-0.39, 0.29) is 43.6 Å². The molecule has 0 aromatic heterocycles. The van der Waals surface area contributed by atoms with E-state index >= 15 is 0 Å². The molecule has 212 valence electrons. The Labute approximate surface area is 216 Å². The van der Waals surface area contributed by atoms with Gasteiger partial charge in [0, 0.05) is 24.7 Å². The molecule has 0 bridgehead atoms. The van der Waals surface area contributed by atoms with Gasteiger partial charge in [0.2, 0.25) is 17.5 Å². The molecule has 2 aromatic carbocycles. The fraction of sp³-hybridized carbons (Fsp3) is 0.556. The van der Waals surface area contributed by atoms with Crippen LogP contribution in [0.5, 0.6) is 17.2 Å². The van der Waals surface area contributed by atoms with Crippen molar-refractivity contribution in [3.05, 3.63) is 53.1 Å². The van der Waals surface area contributed by atoms with Crippen LogP contribution in [0.4, 0.5) is 35.1 Å². The highest BCUT2D eigenvalue weighted by atomic mass is 19.3. The minimum atomic E-state index is -3.25. The number of aryl methyl sites for hydroxylation is 1. The van der Waals surface area contributed by atoms with Crippen LogP contribution in [0.25, 0.3) is 0 Å². The fourth-order valence-corrected chi connectivity index (χ4v) is 4.57. The lowest BCUT2D eigenvalue weighted by atomic mass is 9.75. The lowest BCUT2D eigenvalue weighted by molar-refractivity contribution is -0.122. The van der Waals surface area contributed by atoms with Crippen molar-refractivity contribution in [1.29, 1.82) is 0 Å².